The van der Waals surface area contributed by atoms with E-state index in [0.29, 0.717) is 4.90 Å². The molecule has 0 aromatic rings. The Labute approximate surface area is 107 Å². The molecule has 1 fully saturated rings. The third-order valence-electron chi connectivity index (χ3n) is 2.68. The van der Waals surface area contributed by atoms with Crippen LogP contribution in [-0.2, 0) is 14.3 Å². The predicted molar refractivity (Wildman–Crippen MR) is 58.0 cm³/mol. The van der Waals surface area contributed by atoms with E-state index < -0.39 is 36.7 Å². The standard InChI is InChI=1S/C11H14F3NO4/c1-2-5-19-9(17)8-4-3-7(16)6-15(8)10(18)11(12,13)14/h2,7-8,16H,1,3-6H2/t7-,8-/m1/s1. The van der Waals surface area contributed by atoms with Gasteiger partial charge in [0.25, 0.3) is 0 Å². The van der Waals surface area contributed by atoms with Crippen molar-refractivity contribution in [3.05, 3.63) is 12.7 Å². The molecule has 108 valence electrons. The molecule has 0 saturated carbocycles. The number of ether oxygens (including phenoxy) is 1. The number of esters is 1. The Morgan fingerprint density at radius 2 is 2.05 bits per heavy atom. The van der Waals surface area contributed by atoms with Crippen LogP contribution in [0.2, 0.25) is 0 Å². The minimum absolute atomic E-state index is 0.0705. The highest BCUT2D eigenvalue weighted by molar-refractivity contribution is 5.88. The van der Waals surface area contributed by atoms with E-state index in [-0.39, 0.29) is 19.4 Å². The second-order valence-electron chi connectivity index (χ2n) is 4.12. The van der Waals surface area contributed by atoms with E-state index in [1.54, 1.807) is 0 Å². The van der Waals surface area contributed by atoms with Crippen molar-refractivity contribution < 1.29 is 32.6 Å². The summed E-state index contributed by atoms with van der Waals surface area (Å²) in [5, 5.41) is 9.34. The molecule has 1 saturated heterocycles. The largest absolute Gasteiger partial charge is 0.471 e. The van der Waals surface area contributed by atoms with Gasteiger partial charge < -0.3 is 14.7 Å². The number of aliphatic hydroxyl groups excluding tert-OH is 1. The molecule has 5 nitrogen and oxygen atoms in total. The molecule has 0 bridgehead atoms. The molecule has 1 heterocycles. The quantitative estimate of drug-likeness (QED) is 0.608. The molecule has 0 radical (unpaired) electrons. The highest BCUT2D eigenvalue weighted by Gasteiger charge is 2.48. The summed E-state index contributed by atoms with van der Waals surface area (Å²) >= 11 is 0. The van der Waals surface area contributed by atoms with E-state index in [1.165, 1.54) is 6.08 Å². The van der Waals surface area contributed by atoms with Crippen molar-refractivity contribution in [2.45, 2.75) is 31.2 Å². The number of carbonyl (C=O) groups excluding carboxylic acids is 2. The first kappa shape index (κ1) is 15.5. The van der Waals surface area contributed by atoms with Gasteiger partial charge in [0, 0.05) is 6.54 Å². The van der Waals surface area contributed by atoms with E-state index in [0.717, 1.165) is 0 Å². The van der Waals surface area contributed by atoms with Gasteiger partial charge in [-0.1, -0.05) is 12.7 Å². The molecule has 0 unspecified atom stereocenters. The van der Waals surface area contributed by atoms with Crippen molar-refractivity contribution in [1.29, 1.82) is 0 Å². The number of hydrogen-bond donors (Lipinski definition) is 1. The van der Waals surface area contributed by atoms with Gasteiger partial charge in [-0.25, -0.2) is 4.79 Å². The molecule has 1 aliphatic heterocycles. The molecule has 0 aromatic heterocycles. The third kappa shape index (κ3) is 3.95. The smallest absolute Gasteiger partial charge is 0.460 e. The van der Waals surface area contributed by atoms with Gasteiger partial charge in [0.1, 0.15) is 12.6 Å². The number of β-amino-alcohol motifs (C(OH)–C–C–N with tert-alkyl or cyclic N) is 1. The first-order valence-corrected chi connectivity index (χ1v) is 5.60. The van der Waals surface area contributed by atoms with Crippen LogP contribution in [0.1, 0.15) is 12.8 Å². The number of carbonyl (C=O) groups is 2. The van der Waals surface area contributed by atoms with Crippen LogP contribution < -0.4 is 0 Å². The Hall–Kier alpha value is -1.57. The highest BCUT2D eigenvalue weighted by Crippen LogP contribution is 2.25. The number of likely N-dealkylation sites (tertiary alicyclic amines) is 1. The van der Waals surface area contributed by atoms with Crippen LogP contribution in [0.3, 0.4) is 0 Å². The van der Waals surface area contributed by atoms with Gasteiger partial charge in [0.15, 0.2) is 0 Å². The molecule has 1 rings (SSSR count). The lowest BCUT2D eigenvalue weighted by Crippen LogP contribution is -2.56. The van der Waals surface area contributed by atoms with Crippen LogP contribution in [0.5, 0.6) is 0 Å². The van der Waals surface area contributed by atoms with Crippen molar-refractivity contribution in [1.82, 2.24) is 4.90 Å². The second-order valence-corrected chi connectivity index (χ2v) is 4.12. The SMILES string of the molecule is C=CCOC(=O)[C@H]1CC[C@@H](O)CN1C(=O)C(F)(F)F. The Kier molecular flexibility index (Phi) is 4.93. The summed E-state index contributed by atoms with van der Waals surface area (Å²) < 4.78 is 41.9. The van der Waals surface area contributed by atoms with Gasteiger partial charge in [-0.05, 0) is 12.8 Å². The average molecular weight is 281 g/mol. The third-order valence-corrected chi connectivity index (χ3v) is 2.68. The number of amides is 1. The van der Waals surface area contributed by atoms with Gasteiger partial charge in [-0.15, -0.1) is 0 Å². The monoisotopic (exact) mass is 281 g/mol. The van der Waals surface area contributed by atoms with Gasteiger partial charge in [0.05, 0.1) is 6.10 Å². The van der Waals surface area contributed by atoms with E-state index in [2.05, 4.69) is 11.3 Å². The zero-order chi connectivity index (χ0) is 14.6. The zero-order valence-electron chi connectivity index (χ0n) is 10.0. The van der Waals surface area contributed by atoms with Crippen LogP contribution in [0.25, 0.3) is 0 Å². The van der Waals surface area contributed by atoms with Crippen LogP contribution in [0, 0.1) is 0 Å². The number of hydrogen-bond acceptors (Lipinski definition) is 4. The summed E-state index contributed by atoms with van der Waals surface area (Å²) in [5.74, 6) is -3.07. The molecular formula is C11H14F3NO4. The molecule has 1 N–H and O–H groups in total. The Morgan fingerprint density at radius 3 is 2.58 bits per heavy atom. The molecule has 0 aliphatic carbocycles. The van der Waals surface area contributed by atoms with Crippen molar-refractivity contribution in [2.75, 3.05) is 13.2 Å². The number of aliphatic hydroxyl groups is 1. The summed E-state index contributed by atoms with van der Waals surface area (Å²) in [6.07, 6.45) is -4.83. The molecule has 8 heteroatoms. The van der Waals surface area contributed by atoms with Gasteiger partial charge in [-0.2, -0.15) is 13.2 Å². The Morgan fingerprint density at radius 1 is 1.42 bits per heavy atom. The summed E-state index contributed by atoms with van der Waals surface area (Å²) in [4.78, 5) is 23.1. The van der Waals surface area contributed by atoms with Gasteiger partial charge in [-0.3, -0.25) is 4.79 Å². The summed E-state index contributed by atoms with van der Waals surface area (Å²) in [5.41, 5.74) is 0. The minimum Gasteiger partial charge on any atom is -0.460 e. The number of nitrogens with zero attached hydrogens (tertiary/aromatic N) is 1. The average Bonchev–Trinajstić information content (AvgIpc) is 2.33. The lowest BCUT2D eigenvalue weighted by Gasteiger charge is -2.36. The van der Waals surface area contributed by atoms with E-state index >= 15 is 0 Å². The van der Waals surface area contributed by atoms with Gasteiger partial charge >= 0.3 is 18.1 Å². The highest BCUT2D eigenvalue weighted by atomic mass is 19.4. The topological polar surface area (TPSA) is 66.8 Å². The molecule has 1 aliphatic rings. The number of halogens is 3. The van der Waals surface area contributed by atoms with E-state index in [9.17, 15) is 27.9 Å². The van der Waals surface area contributed by atoms with E-state index in [1.807, 2.05) is 0 Å². The maximum absolute atomic E-state index is 12.4. The summed E-state index contributed by atoms with van der Waals surface area (Å²) in [7, 11) is 0. The molecule has 19 heavy (non-hydrogen) atoms. The number of rotatable bonds is 3. The number of alkyl halides is 3. The number of piperidine rings is 1. The molecular weight excluding hydrogens is 267 g/mol. The van der Waals surface area contributed by atoms with Crippen LogP contribution in [0.15, 0.2) is 12.7 Å². The zero-order valence-corrected chi connectivity index (χ0v) is 10.0. The van der Waals surface area contributed by atoms with Crippen LogP contribution in [0.4, 0.5) is 13.2 Å². The maximum atomic E-state index is 12.4. The first-order chi connectivity index (χ1) is 8.77. The predicted octanol–water partition coefficient (Wildman–Crippen LogP) is 0.630. The second kappa shape index (κ2) is 6.05. The minimum atomic E-state index is -5.09. The fourth-order valence-electron chi connectivity index (χ4n) is 1.82. The Balaban J connectivity index is 2.84. The fraction of sp³-hybridized carbons (Fsp3) is 0.636. The molecule has 0 spiro atoms. The van der Waals surface area contributed by atoms with Gasteiger partial charge in [0.2, 0.25) is 0 Å². The van der Waals surface area contributed by atoms with Crippen LogP contribution in [-0.4, -0.2) is 53.4 Å². The van der Waals surface area contributed by atoms with Crippen molar-refractivity contribution in [3.63, 3.8) is 0 Å². The van der Waals surface area contributed by atoms with Crippen LogP contribution >= 0.6 is 0 Å². The maximum Gasteiger partial charge on any atom is 0.471 e. The molecule has 1 amide bonds. The Bertz CT molecular complexity index is 369. The lowest BCUT2D eigenvalue weighted by atomic mass is 10.00. The summed E-state index contributed by atoms with van der Waals surface area (Å²) in [6, 6.07) is -1.32. The van der Waals surface area contributed by atoms with E-state index in [4.69, 9.17) is 0 Å². The normalized spacial score (nSPS) is 23.9. The molecule has 0 aromatic carbocycles. The lowest BCUT2D eigenvalue weighted by molar-refractivity contribution is -0.194. The summed E-state index contributed by atoms with van der Waals surface area (Å²) in [6.45, 7) is 2.62. The van der Waals surface area contributed by atoms with Crippen molar-refractivity contribution >= 4 is 11.9 Å². The van der Waals surface area contributed by atoms with Crippen molar-refractivity contribution in [2.24, 2.45) is 0 Å². The molecule has 2 atom stereocenters. The van der Waals surface area contributed by atoms with Crippen molar-refractivity contribution in [3.8, 4) is 0 Å². The first-order valence-electron chi connectivity index (χ1n) is 5.60. The fourth-order valence-corrected chi connectivity index (χ4v) is 1.82.